The van der Waals surface area contributed by atoms with Crippen LogP contribution in [0.4, 0.5) is 27.4 Å². The zero-order chi connectivity index (χ0) is 26.1. The minimum absolute atomic E-state index is 0.000472. The normalized spacial score (nSPS) is 18.1. The van der Waals surface area contributed by atoms with E-state index in [-0.39, 0.29) is 18.1 Å². The molecule has 0 saturated carbocycles. The molecule has 0 aliphatic carbocycles. The third-order valence-electron chi connectivity index (χ3n) is 7.16. The highest BCUT2D eigenvalue weighted by molar-refractivity contribution is 5.98. The molecule has 6 N–H and O–H groups in total. The fourth-order valence-electron chi connectivity index (χ4n) is 5.06. The Balaban J connectivity index is 1.39. The van der Waals surface area contributed by atoms with Crippen LogP contribution in [0.15, 0.2) is 30.6 Å². The van der Waals surface area contributed by atoms with Gasteiger partial charge in [0.15, 0.2) is 11.6 Å². The highest BCUT2D eigenvalue weighted by atomic mass is 19.1. The number of pyridine rings is 2. The number of nitrogens with two attached hydrogens (primary N) is 1. The zero-order valence-corrected chi connectivity index (χ0v) is 20.7. The van der Waals surface area contributed by atoms with Crippen LogP contribution in [-0.4, -0.2) is 42.8 Å². The summed E-state index contributed by atoms with van der Waals surface area (Å²) >= 11 is 0. The molecule has 2 aliphatic heterocycles. The van der Waals surface area contributed by atoms with Crippen molar-refractivity contribution in [3.63, 3.8) is 0 Å². The monoisotopic (exact) mass is 502 g/mol. The summed E-state index contributed by atoms with van der Waals surface area (Å²) in [5, 5.41) is 25.6. The maximum absolute atomic E-state index is 15.5. The molecule has 1 amide bonds. The number of amides is 1. The lowest BCUT2D eigenvalue weighted by atomic mass is 9.96. The molecule has 1 aromatic carbocycles. The number of halogens is 1. The second-order valence-corrected chi connectivity index (χ2v) is 10.2. The maximum Gasteiger partial charge on any atom is 0.241 e. The van der Waals surface area contributed by atoms with Crippen LogP contribution < -0.4 is 21.7 Å². The van der Waals surface area contributed by atoms with Crippen molar-refractivity contribution < 1.29 is 14.3 Å². The molecule has 1 atom stereocenters. The number of nitrogen functional groups attached to an aromatic ring is 1. The smallest absolute Gasteiger partial charge is 0.241 e. The summed E-state index contributed by atoms with van der Waals surface area (Å²) in [7, 11) is 0. The van der Waals surface area contributed by atoms with Gasteiger partial charge in [0.05, 0.1) is 22.6 Å². The van der Waals surface area contributed by atoms with Crippen LogP contribution >= 0.6 is 0 Å². The summed E-state index contributed by atoms with van der Waals surface area (Å²) in [6.07, 6.45) is 3.03. The van der Waals surface area contributed by atoms with Gasteiger partial charge in [-0.3, -0.25) is 14.5 Å². The number of nitrogens with one attached hydrogen (secondary N) is 3. The van der Waals surface area contributed by atoms with Gasteiger partial charge in [0.1, 0.15) is 18.5 Å². The number of aliphatic hydroxyl groups is 1. The highest BCUT2D eigenvalue weighted by Gasteiger charge is 2.40. The van der Waals surface area contributed by atoms with Crippen molar-refractivity contribution in [1.82, 2.24) is 25.1 Å². The van der Waals surface area contributed by atoms with Gasteiger partial charge >= 0.3 is 0 Å². The van der Waals surface area contributed by atoms with Crippen LogP contribution in [0.2, 0.25) is 0 Å². The van der Waals surface area contributed by atoms with E-state index in [4.69, 9.17) is 5.73 Å². The van der Waals surface area contributed by atoms with Crippen LogP contribution in [0.25, 0.3) is 21.9 Å². The Morgan fingerprint density at radius 1 is 1.19 bits per heavy atom. The van der Waals surface area contributed by atoms with Crippen molar-refractivity contribution in [2.45, 2.75) is 45.4 Å². The first kappa shape index (κ1) is 23.2. The van der Waals surface area contributed by atoms with E-state index in [1.807, 2.05) is 26.8 Å². The molecule has 0 fully saturated rings. The van der Waals surface area contributed by atoms with E-state index < -0.39 is 17.5 Å². The number of aromatic nitrogens is 4. The van der Waals surface area contributed by atoms with Crippen molar-refractivity contribution in [2.75, 3.05) is 22.9 Å². The fraction of sp³-hybridized carbons (Fsp3) is 0.308. The van der Waals surface area contributed by atoms with E-state index in [0.717, 1.165) is 11.3 Å². The summed E-state index contributed by atoms with van der Waals surface area (Å²) in [6.45, 7) is 6.38. The Bertz CT molecular complexity index is 1600. The minimum Gasteiger partial charge on any atom is -0.396 e. The molecular weight excluding hydrogens is 475 g/mol. The molecule has 3 aromatic heterocycles. The third kappa shape index (κ3) is 3.73. The maximum atomic E-state index is 15.5. The van der Waals surface area contributed by atoms with Gasteiger partial charge in [0, 0.05) is 53.6 Å². The summed E-state index contributed by atoms with van der Waals surface area (Å²) in [5.74, 6) is 0.455. The summed E-state index contributed by atoms with van der Waals surface area (Å²) in [4.78, 5) is 20.7. The fourth-order valence-corrected chi connectivity index (χ4v) is 5.06. The predicted molar refractivity (Wildman–Crippen MR) is 139 cm³/mol. The van der Waals surface area contributed by atoms with Crippen LogP contribution in [0.5, 0.6) is 0 Å². The van der Waals surface area contributed by atoms with Crippen molar-refractivity contribution in [2.24, 2.45) is 0 Å². The van der Waals surface area contributed by atoms with Crippen LogP contribution in [0, 0.1) is 12.7 Å². The van der Waals surface area contributed by atoms with Crippen molar-refractivity contribution in [3.8, 4) is 11.1 Å². The lowest BCUT2D eigenvalue weighted by Gasteiger charge is -2.22. The first-order valence-corrected chi connectivity index (χ1v) is 12.1. The molecule has 37 heavy (non-hydrogen) atoms. The van der Waals surface area contributed by atoms with Crippen LogP contribution in [0.3, 0.4) is 0 Å². The molecule has 6 rings (SSSR count). The van der Waals surface area contributed by atoms with Gasteiger partial charge in [-0.25, -0.2) is 9.37 Å². The Morgan fingerprint density at radius 3 is 2.81 bits per heavy atom. The number of carbonyl (C=O) groups is 1. The molecular formula is C26H27FN8O2. The van der Waals surface area contributed by atoms with Crippen LogP contribution in [0.1, 0.15) is 36.9 Å². The Hall–Kier alpha value is -4.25. The molecule has 0 bridgehead atoms. The molecule has 0 unspecified atom stereocenters. The molecule has 0 spiro atoms. The Kier molecular flexibility index (Phi) is 5.09. The SMILES string of the molecule is Cc1c(-c2cc3cc(Nc4cc5n(n4)CC(=O)NCC5)ncc3c(N)c2F)cnc2c1NC(C)(C)[C@H]2O. The van der Waals surface area contributed by atoms with Crippen molar-refractivity contribution in [1.29, 1.82) is 0 Å². The molecule has 2 aliphatic rings. The number of anilines is 4. The van der Waals surface area contributed by atoms with E-state index >= 15 is 4.39 Å². The summed E-state index contributed by atoms with van der Waals surface area (Å²) in [5.41, 5.74) is 9.51. The largest absolute Gasteiger partial charge is 0.396 e. The number of carbonyl (C=O) groups excluding carboxylic acids is 1. The van der Waals surface area contributed by atoms with E-state index in [2.05, 4.69) is 31.0 Å². The highest BCUT2D eigenvalue weighted by Crippen LogP contribution is 2.45. The molecule has 11 heteroatoms. The molecule has 0 saturated heterocycles. The average Bonchev–Trinajstić information content (AvgIpc) is 3.26. The number of aliphatic hydroxyl groups excluding tert-OH is 1. The minimum atomic E-state index is -0.770. The quantitative estimate of drug-likeness (QED) is 0.269. The first-order valence-electron chi connectivity index (χ1n) is 12.1. The Labute approximate surface area is 212 Å². The lowest BCUT2D eigenvalue weighted by molar-refractivity contribution is -0.121. The number of hydrogen-bond donors (Lipinski definition) is 5. The zero-order valence-electron chi connectivity index (χ0n) is 20.7. The molecule has 5 heterocycles. The van der Waals surface area contributed by atoms with Crippen molar-refractivity contribution >= 4 is 39.7 Å². The second-order valence-electron chi connectivity index (χ2n) is 10.2. The van der Waals surface area contributed by atoms with Gasteiger partial charge < -0.3 is 26.8 Å². The van der Waals surface area contributed by atoms with Crippen molar-refractivity contribution in [3.05, 3.63) is 53.4 Å². The first-order chi connectivity index (χ1) is 17.6. The second kappa shape index (κ2) is 8.13. The van der Waals surface area contributed by atoms with Gasteiger partial charge in [-0.1, -0.05) is 0 Å². The van der Waals surface area contributed by atoms with Gasteiger partial charge in [-0.05, 0) is 43.9 Å². The van der Waals surface area contributed by atoms with E-state index in [1.54, 1.807) is 23.0 Å². The van der Waals surface area contributed by atoms with Gasteiger partial charge in [0.25, 0.3) is 0 Å². The predicted octanol–water partition coefficient (Wildman–Crippen LogP) is 3.18. The third-order valence-corrected chi connectivity index (χ3v) is 7.16. The average molecular weight is 503 g/mol. The molecule has 0 radical (unpaired) electrons. The van der Waals surface area contributed by atoms with Crippen LogP contribution in [-0.2, 0) is 17.8 Å². The van der Waals surface area contributed by atoms with E-state index in [1.165, 1.54) is 6.20 Å². The number of rotatable bonds is 3. The number of hydrogen-bond acceptors (Lipinski definition) is 8. The number of benzene rings is 1. The standard InChI is InChI=1S/C26H27FN8O2/c1-12-16(9-31-24-23(12)33-26(2,3)25(24)37)15-6-13-7-18(30-10-17(13)22(28)21(15)27)32-19-8-14-4-5-29-20(36)11-35(14)34-19/h6-10,25,33,37H,4-5,11,28H2,1-3H3,(H,29,36)(H,30,32,34)/t25-/m0/s1. The summed E-state index contributed by atoms with van der Waals surface area (Å²) in [6, 6.07) is 5.40. The van der Waals surface area contributed by atoms with E-state index in [0.29, 0.717) is 57.9 Å². The van der Waals surface area contributed by atoms with Gasteiger partial charge in [-0.2, -0.15) is 5.10 Å². The van der Waals surface area contributed by atoms with Gasteiger partial charge in [0.2, 0.25) is 5.91 Å². The number of nitrogens with zero attached hydrogens (tertiary/aromatic N) is 4. The Morgan fingerprint density at radius 2 is 2.00 bits per heavy atom. The molecule has 190 valence electrons. The van der Waals surface area contributed by atoms with E-state index in [9.17, 15) is 9.90 Å². The molecule has 4 aromatic rings. The molecule has 10 nitrogen and oxygen atoms in total. The lowest BCUT2D eigenvalue weighted by Crippen LogP contribution is -2.32. The summed E-state index contributed by atoms with van der Waals surface area (Å²) < 4.78 is 17.2. The number of fused-ring (bicyclic) bond motifs is 3. The van der Waals surface area contributed by atoms with Gasteiger partial charge in [-0.15, -0.1) is 0 Å². The topological polar surface area (TPSA) is 143 Å².